The van der Waals surface area contributed by atoms with Gasteiger partial charge in [-0.3, -0.25) is 4.79 Å². The van der Waals surface area contributed by atoms with Gasteiger partial charge in [-0.05, 0) is 19.4 Å². The van der Waals surface area contributed by atoms with Crippen LogP contribution in [0.15, 0.2) is 36.0 Å². The van der Waals surface area contributed by atoms with Crippen molar-refractivity contribution >= 4 is 5.91 Å². The molecule has 2 nitrogen and oxygen atoms in total. The predicted octanol–water partition coefficient (Wildman–Crippen LogP) is 2.54. The van der Waals surface area contributed by atoms with E-state index in [1.807, 2.05) is 26.0 Å². The van der Waals surface area contributed by atoms with Crippen molar-refractivity contribution in [2.75, 3.05) is 14.1 Å². The molecule has 0 aromatic heterocycles. The second-order valence-corrected chi connectivity index (χ2v) is 3.46. The molecule has 0 saturated heterocycles. The summed E-state index contributed by atoms with van der Waals surface area (Å²) in [7, 11) is 3.49. The maximum Gasteiger partial charge on any atom is 0.253 e. The molecule has 0 fully saturated rings. The van der Waals surface area contributed by atoms with E-state index in [4.69, 9.17) is 0 Å². The molecule has 0 aliphatic heterocycles. The zero-order chi connectivity index (χ0) is 11.1. The van der Waals surface area contributed by atoms with Crippen molar-refractivity contribution < 1.29 is 4.79 Å². The molecule has 1 amide bonds. The summed E-state index contributed by atoms with van der Waals surface area (Å²) in [5.74, 6) is 0.0118. The molecule has 0 heterocycles. The summed E-state index contributed by atoms with van der Waals surface area (Å²) in [6, 6.07) is 0. The fourth-order valence-corrected chi connectivity index (χ4v) is 0.950. The molecule has 0 aromatic carbocycles. The molecule has 0 aromatic rings. The molecule has 0 N–H and O–H groups in total. The highest BCUT2D eigenvalue weighted by Gasteiger charge is 2.07. The topological polar surface area (TPSA) is 20.3 Å². The van der Waals surface area contributed by atoms with E-state index in [1.165, 1.54) is 0 Å². The molecular weight excluding hydrogens is 174 g/mol. The Bertz CT molecular complexity index is 272. The van der Waals surface area contributed by atoms with Crippen molar-refractivity contribution in [3.05, 3.63) is 36.0 Å². The lowest BCUT2D eigenvalue weighted by Crippen LogP contribution is -2.22. The lowest BCUT2D eigenvalue weighted by atomic mass is 10.1. The number of amides is 1. The third-order valence-electron chi connectivity index (χ3n) is 1.59. The molecule has 0 rings (SSSR count). The Kier molecular flexibility index (Phi) is 5.61. The molecule has 0 saturated carbocycles. The first-order chi connectivity index (χ1) is 6.49. The van der Waals surface area contributed by atoms with Crippen LogP contribution in [0.4, 0.5) is 0 Å². The van der Waals surface area contributed by atoms with E-state index >= 15 is 0 Å². The maximum absolute atomic E-state index is 11.6. The van der Waals surface area contributed by atoms with E-state index in [2.05, 4.69) is 6.58 Å². The van der Waals surface area contributed by atoms with Gasteiger partial charge in [-0.15, -0.1) is 0 Å². The van der Waals surface area contributed by atoms with Gasteiger partial charge >= 0.3 is 0 Å². The van der Waals surface area contributed by atoms with Crippen LogP contribution < -0.4 is 0 Å². The van der Waals surface area contributed by atoms with Crippen LogP contribution in [0.1, 0.15) is 20.3 Å². The van der Waals surface area contributed by atoms with Crippen LogP contribution in [0, 0.1) is 0 Å². The minimum absolute atomic E-state index is 0.0118. The Labute approximate surface area is 86.6 Å². The monoisotopic (exact) mass is 193 g/mol. The zero-order valence-electron chi connectivity index (χ0n) is 9.50. The van der Waals surface area contributed by atoms with Crippen LogP contribution >= 0.6 is 0 Å². The summed E-state index contributed by atoms with van der Waals surface area (Å²) in [6.07, 6.45) is 6.54. The molecular formula is C12H19NO. The highest BCUT2D eigenvalue weighted by atomic mass is 16.2. The van der Waals surface area contributed by atoms with Gasteiger partial charge in [-0.1, -0.05) is 31.2 Å². The summed E-state index contributed by atoms with van der Waals surface area (Å²) in [5.41, 5.74) is 1.57. The molecule has 0 radical (unpaired) electrons. The highest BCUT2D eigenvalue weighted by Crippen LogP contribution is 2.06. The molecule has 0 unspecified atom stereocenters. The molecule has 0 aliphatic carbocycles. The number of hydrogen-bond donors (Lipinski definition) is 0. The number of carbonyl (C=O) groups is 1. The fraction of sp³-hybridized carbons (Fsp3) is 0.417. The molecule has 0 atom stereocenters. The quantitative estimate of drug-likeness (QED) is 0.496. The van der Waals surface area contributed by atoms with Crippen LogP contribution in [0.25, 0.3) is 0 Å². The highest BCUT2D eigenvalue weighted by molar-refractivity contribution is 5.96. The summed E-state index contributed by atoms with van der Waals surface area (Å²) >= 11 is 0. The largest absolute Gasteiger partial charge is 0.345 e. The second-order valence-electron chi connectivity index (χ2n) is 3.46. The summed E-state index contributed by atoms with van der Waals surface area (Å²) in [5, 5.41) is 0. The first-order valence-corrected chi connectivity index (χ1v) is 4.74. The van der Waals surface area contributed by atoms with Gasteiger partial charge in [0.1, 0.15) is 0 Å². The second kappa shape index (κ2) is 6.19. The van der Waals surface area contributed by atoms with Gasteiger partial charge in [0.2, 0.25) is 0 Å². The van der Waals surface area contributed by atoms with E-state index in [0.29, 0.717) is 5.57 Å². The van der Waals surface area contributed by atoms with Gasteiger partial charge in [0.25, 0.3) is 5.91 Å². The summed E-state index contributed by atoms with van der Waals surface area (Å²) in [6.45, 7) is 7.68. The normalized spacial score (nSPS) is 11.9. The number of rotatable bonds is 4. The number of likely N-dealkylation sites (N-methyl/N-ethyl adjacent to an activating group) is 1. The smallest absolute Gasteiger partial charge is 0.253 e. The molecule has 0 bridgehead atoms. The van der Waals surface area contributed by atoms with Gasteiger partial charge in [0, 0.05) is 19.7 Å². The lowest BCUT2D eigenvalue weighted by molar-refractivity contribution is -0.124. The minimum atomic E-state index is 0.0118. The first-order valence-electron chi connectivity index (χ1n) is 4.74. The van der Waals surface area contributed by atoms with Crippen molar-refractivity contribution in [3.8, 4) is 0 Å². The van der Waals surface area contributed by atoms with Crippen molar-refractivity contribution in [1.29, 1.82) is 0 Å². The van der Waals surface area contributed by atoms with E-state index in [1.54, 1.807) is 25.1 Å². The Hall–Kier alpha value is -1.31. The maximum atomic E-state index is 11.6. The standard InChI is InChI=1S/C12H19NO/c1-6-7-8-11(9-10(2)3)12(14)13(4)5/h7-9H,2,6H2,1,3-5H3/b8-7-,11-9+. The lowest BCUT2D eigenvalue weighted by Gasteiger charge is -2.10. The number of carbonyl (C=O) groups excluding carboxylic acids is 1. The third-order valence-corrected chi connectivity index (χ3v) is 1.59. The van der Waals surface area contributed by atoms with E-state index in [9.17, 15) is 4.79 Å². The molecule has 14 heavy (non-hydrogen) atoms. The minimum Gasteiger partial charge on any atom is -0.345 e. The van der Waals surface area contributed by atoms with Crippen LogP contribution in [-0.2, 0) is 4.79 Å². The van der Waals surface area contributed by atoms with Crippen LogP contribution in [0.2, 0.25) is 0 Å². The fourth-order valence-electron chi connectivity index (χ4n) is 0.950. The van der Waals surface area contributed by atoms with Gasteiger partial charge in [-0.25, -0.2) is 0 Å². The van der Waals surface area contributed by atoms with Crippen molar-refractivity contribution in [1.82, 2.24) is 4.90 Å². The number of hydrogen-bond acceptors (Lipinski definition) is 1. The average molecular weight is 193 g/mol. The zero-order valence-corrected chi connectivity index (χ0v) is 9.50. The first kappa shape index (κ1) is 12.7. The van der Waals surface area contributed by atoms with Crippen LogP contribution in [0.5, 0.6) is 0 Å². The van der Waals surface area contributed by atoms with E-state index in [0.717, 1.165) is 12.0 Å². The van der Waals surface area contributed by atoms with Crippen molar-refractivity contribution in [3.63, 3.8) is 0 Å². The Morgan fingerprint density at radius 1 is 1.43 bits per heavy atom. The molecule has 2 heteroatoms. The molecule has 0 aliphatic rings. The number of allylic oxidation sites excluding steroid dienone is 3. The van der Waals surface area contributed by atoms with E-state index in [-0.39, 0.29) is 5.91 Å². The van der Waals surface area contributed by atoms with Gasteiger partial charge in [0.05, 0.1) is 0 Å². The average Bonchev–Trinajstić information content (AvgIpc) is 2.10. The van der Waals surface area contributed by atoms with Crippen LogP contribution in [-0.4, -0.2) is 24.9 Å². The predicted molar refractivity (Wildman–Crippen MR) is 61.0 cm³/mol. The van der Waals surface area contributed by atoms with Gasteiger partial charge < -0.3 is 4.90 Å². The van der Waals surface area contributed by atoms with Gasteiger partial charge in [0.15, 0.2) is 0 Å². The Balaban J connectivity index is 4.82. The SMILES string of the molecule is C=C(C)/C=C(\C=C/CC)C(=O)N(C)C. The van der Waals surface area contributed by atoms with Crippen molar-refractivity contribution in [2.24, 2.45) is 0 Å². The summed E-state index contributed by atoms with van der Waals surface area (Å²) < 4.78 is 0. The number of nitrogens with zero attached hydrogens (tertiary/aromatic N) is 1. The van der Waals surface area contributed by atoms with Crippen molar-refractivity contribution in [2.45, 2.75) is 20.3 Å². The van der Waals surface area contributed by atoms with Gasteiger partial charge in [-0.2, -0.15) is 0 Å². The van der Waals surface area contributed by atoms with Crippen LogP contribution in [0.3, 0.4) is 0 Å². The molecule has 78 valence electrons. The summed E-state index contributed by atoms with van der Waals surface area (Å²) in [4.78, 5) is 13.2. The van der Waals surface area contributed by atoms with E-state index < -0.39 is 0 Å². The third kappa shape index (κ3) is 4.65. The molecule has 0 spiro atoms. The Morgan fingerprint density at radius 3 is 2.36 bits per heavy atom. The Morgan fingerprint density at radius 2 is 2.00 bits per heavy atom.